The van der Waals surface area contributed by atoms with Crippen LogP contribution < -0.4 is 10.6 Å². The van der Waals surface area contributed by atoms with E-state index in [-0.39, 0.29) is 18.5 Å². The van der Waals surface area contributed by atoms with Crippen LogP contribution in [0, 0.1) is 0 Å². The zero-order valence-electron chi connectivity index (χ0n) is 11.1. The average Bonchev–Trinajstić information content (AvgIpc) is 2.78. The number of methoxy groups -OCH3 is 1. The van der Waals surface area contributed by atoms with Gasteiger partial charge in [0.25, 0.3) is 0 Å². The highest BCUT2D eigenvalue weighted by molar-refractivity contribution is 5.77. The lowest BCUT2D eigenvalue weighted by Gasteiger charge is -2.10. The van der Waals surface area contributed by atoms with Crippen molar-refractivity contribution in [2.75, 3.05) is 26.8 Å². The first-order valence-electron chi connectivity index (χ1n) is 6.00. The number of carbonyl (C=O) groups excluding carboxylic acids is 1. The van der Waals surface area contributed by atoms with Gasteiger partial charge in [-0.25, -0.2) is 9.67 Å². The second-order valence-corrected chi connectivity index (χ2v) is 4.16. The number of nitrogens with zero attached hydrogens (tertiary/aromatic N) is 3. The number of nitrogens with one attached hydrogen (secondary N) is 2. The van der Waals surface area contributed by atoms with Crippen LogP contribution in [0.25, 0.3) is 0 Å². The third kappa shape index (κ3) is 4.80. The maximum Gasteiger partial charge on any atom is 0.234 e. The van der Waals surface area contributed by atoms with Crippen LogP contribution in [0.3, 0.4) is 0 Å². The molecule has 0 aliphatic heterocycles. The first kappa shape index (κ1) is 14.6. The minimum Gasteiger partial charge on any atom is -0.383 e. The van der Waals surface area contributed by atoms with Crippen molar-refractivity contribution in [2.45, 2.75) is 26.4 Å². The molecule has 1 heterocycles. The van der Waals surface area contributed by atoms with E-state index in [1.165, 1.54) is 6.33 Å². The molecule has 1 aromatic rings. The molecule has 1 amide bonds. The molecule has 0 aliphatic carbocycles. The summed E-state index contributed by atoms with van der Waals surface area (Å²) in [7, 11) is 1.60. The van der Waals surface area contributed by atoms with Crippen molar-refractivity contribution < 1.29 is 9.53 Å². The van der Waals surface area contributed by atoms with Crippen molar-refractivity contribution in [1.29, 1.82) is 0 Å². The summed E-state index contributed by atoms with van der Waals surface area (Å²) in [6.45, 7) is 5.91. The zero-order chi connectivity index (χ0) is 13.4. The van der Waals surface area contributed by atoms with Crippen molar-refractivity contribution in [3.05, 3.63) is 12.2 Å². The number of ether oxygens (including phenoxy) is 1. The summed E-state index contributed by atoms with van der Waals surface area (Å²) in [6, 6.07) is 0.264. The minimum atomic E-state index is -0.0531. The number of amides is 1. The van der Waals surface area contributed by atoms with Gasteiger partial charge in [-0.2, -0.15) is 5.10 Å². The van der Waals surface area contributed by atoms with Gasteiger partial charge in [0.05, 0.1) is 19.7 Å². The lowest BCUT2D eigenvalue weighted by Crippen LogP contribution is -2.35. The van der Waals surface area contributed by atoms with E-state index in [9.17, 15) is 4.79 Å². The number of carbonyl (C=O) groups is 1. The molecule has 7 nitrogen and oxygen atoms in total. The predicted octanol–water partition coefficient (Wildman–Crippen LogP) is -0.289. The van der Waals surface area contributed by atoms with Gasteiger partial charge in [-0.1, -0.05) is 0 Å². The second-order valence-electron chi connectivity index (χ2n) is 4.16. The SMILES string of the molecule is COCCNC(=O)CNCc1ncnn1C(C)C. The molecule has 0 spiro atoms. The summed E-state index contributed by atoms with van der Waals surface area (Å²) in [5.74, 6) is 0.775. The first-order chi connectivity index (χ1) is 8.65. The number of aromatic nitrogens is 3. The van der Waals surface area contributed by atoms with Gasteiger partial charge in [0, 0.05) is 19.7 Å². The zero-order valence-corrected chi connectivity index (χ0v) is 11.1. The van der Waals surface area contributed by atoms with Crippen LogP contribution in [0.2, 0.25) is 0 Å². The molecular formula is C11H21N5O2. The van der Waals surface area contributed by atoms with Crippen molar-refractivity contribution in [3.63, 3.8) is 0 Å². The van der Waals surface area contributed by atoms with Crippen molar-refractivity contribution in [2.24, 2.45) is 0 Å². The molecule has 0 saturated carbocycles. The highest BCUT2D eigenvalue weighted by Gasteiger charge is 2.07. The molecule has 0 fully saturated rings. The van der Waals surface area contributed by atoms with E-state index < -0.39 is 0 Å². The molecule has 7 heteroatoms. The van der Waals surface area contributed by atoms with Crippen LogP contribution >= 0.6 is 0 Å². The van der Waals surface area contributed by atoms with E-state index in [0.717, 1.165) is 5.82 Å². The number of hydrogen-bond donors (Lipinski definition) is 2. The van der Waals surface area contributed by atoms with Gasteiger partial charge in [0.15, 0.2) is 0 Å². The van der Waals surface area contributed by atoms with Crippen molar-refractivity contribution in [1.82, 2.24) is 25.4 Å². The summed E-state index contributed by atoms with van der Waals surface area (Å²) in [5, 5.41) is 9.89. The van der Waals surface area contributed by atoms with Crippen LogP contribution in [-0.4, -0.2) is 47.5 Å². The van der Waals surface area contributed by atoms with Crippen molar-refractivity contribution >= 4 is 5.91 Å². The van der Waals surface area contributed by atoms with Crippen molar-refractivity contribution in [3.8, 4) is 0 Å². The van der Waals surface area contributed by atoms with Crippen LogP contribution in [0.5, 0.6) is 0 Å². The van der Waals surface area contributed by atoms with Crippen LogP contribution in [0.1, 0.15) is 25.7 Å². The Morgan fingerprint density at radius 1 is 1.56 bits per heavy atom. The quantitative estimate of drug-likeness (QED) is 0.624. The molecular weight excluding hydrogens is 234 g/mol. The van der Waals surface area contributed by atoms with E-state index >= 15 is 0 Å². The average molecular weight is 255 g/mol. The van der Waals surface area contributed by atoms with Gasteiger partial charge in [-0.3, -0.25) is 4.79 Å². The topological polar surface area (TPSA) is 81.1 Å². The summed E-state index contributed by atoms with van der Waals surface area (Å²) < 4.78 is 6.67. The van der Waals surface area contributed by atoms with Gasteiger partial charge in [0.1, 0.15) is 12.2 Å². The van der Waals surface area contributed by atoms with Crippen LogP contribution in [0.15, 0.2) is 6.33 Å². The second kappa shape index (κ2) is 7.78. The Morgan fingerprint density at radius 3 is 3.00 bits per heavy atom. The minimum absolute atomic E-state index is 0.0531. The Bertz CT molecular complexity index is 364. The van der Waals surface area contributed by atoms with Gasteiger partial charge >= 0.3 is 0 Å². The third-order valence-corrected chi connectivity index (χ3v) is 2.33. The first-order valence-corrected chi connectivity index (χ1v) is 6.00. The Morgan fingerprint density at radius 2 is 2.33 bits per heavy atom. The molecule has 1 rings (SSSR count). The molecule has 1 aromatic heterocycles. The highest BCUT2D eigenvalue weighted by Crippen LogP contribution is 2.04. The molecule has 0 atom stereocenters. The number of rotatable bonds is 8. The standard InChI is InChI=1S/C11H21N5O2/c1-9(2)16-10(14-8-15-16)6-12-7-11(17)13-4-5-18-3/h8-9,12H,4-7H2,1-3H3,(H,13,17). The third-order valence-electron chi connectivity index (χ3n) is 2.33. The molecule has 18 heavy (non-hydrogen) atoms. The van der Waals surface area contributed by atoms with Gasteiger partial charge < -0.3 is 15.4 Å². The smallest absolute Gasteiger partial charge is 0.234 e. The van der Waals surface area contributed by atoms with E-state index in [2.05, 4.69) is 20.7 Å². The lowest BCUT2D eigenvalue weighted by molar-refractivity contribution is -0.120. The highest BCUT2D eigenvalue weighted by atomic mass is 16.5. The summed E-state index contributed by atoms with van der Waals surface area (Å²) in [6.07, 6.45) is 1.52. The lowest BCUT2D eigenvalue weighted by atomic mass is 10.4. The normalized spacial score (nSPS) is 10.9. The molecule has 102 valence electrons. The fourth-order valence-corrected chi connectivity index (χ4v) is 1.47. The molecule has 0 bridgehead atoms. The van der Waals surface area contributed by atoms with Gasteiger partial charge in [-0.05, 0) is 13.8 Å². The molecule has 0 aromatic carbocycles. The Labute approximate surface area is 107 Å². The van der Waals surface area contributed by atoms with Crippen LogP contribution in [0.4, 0.5) is 0 Å². The predicted molar refractivity (Wildman–Crippen MR) is 67.0 cm³/mol. The summed E-state index contributed by atoms with van der Waals surface area (Å²) >= 11 is 0. The maximum atomic E-state index is 11.4. The van der Waals surface area contributed by atoms with E-state index in [1.54, 1.807) is 7.11 Å². The molecule has 0 radical (unpaired) electrons. The largest absolute Gasteiger partial charge is 0.383 e. The molecule has 0 unspecified atom stereocenters. The number of hydrogen-bond acceptors (Lipinski definition) is 5. The van der Waals surface area contributed by atoms with E-state index in [4.69, 9.17) is 4.74 Å². The Kier molecular flexibility index (Phi) is 6.31. The summed E-state index contributed by atoms with van der Waals surface area (Å²) in [4.78, 5) is 15.5. The fourth-order valence-electron chi connectivity index (χ4n) is 1.47. The monoisotopic (exact) mass is 255 g/mol. The maximum absolute atomic E-state index is 11.4. The van der Waals surface area contributed by atoms with Gasteiger partial charge in [0.2, 0.25) is 5.91 Å². The van der Waals surface area contributed by atoms with Gasteiger partial charge in [-0.15, -0.1) is 0 Å². The fraction of sp³-hybridized carbons (Fsp3) is 0.727. The van der Waals surface area contributed by atoms with Crippen LogP contribution in [-0.2, 0) is 16.1 Å². The molecule has 0 aliphatic rings. The van der Waals surface area contributed by atoms with E-state index in [1.807, 2.05) is 18.5 Å². The summed E-state index contributed by atoms with van der Waals surface area (Å²) in [5.41, 5.74) is 0. The molecule has 0 saturated heterocycles. The van der Waals surface area contributed by atoms with E-state index in [0.29, 0.717) is 19.7 Å². The Balaban J connectivity index is 2.24. The molecule has 2 N–H and O–H groups in total. The Hall–Kier alpha value is -1.47.